The Balaban J connectivity index is 0.860. The number of ketones is 2. The minimum absolute atomic E-state index is 0.0166. The molecule has 5 saturated carbocycles. The molecule has 11 atom stereocenters. The third-order valence-corrected chi connectivity index (χ3v) is 17.0. The van der Waals surface area contributed by atoms with Gasteiger partial charge in [0.05, 0.1) is 24.1 Å². The highest BCUT2D eigenvalue weighted by Gasteiger charge is 2.76. The maximum absolute atomic E-state index is 14.0. The zero-order valence-electron chi connectivity index (χ0n) is 38.3. The maximum Gasteiger partial charge on any atom is 0.306 e. The molecule has 5 N–H and O–H groups in total. The summed E-state index contributed by atoms with van der Waals surface area (Å²) in [4.78, 5) is 76.6. The number of carbonyl (C=O) groups is 6. The monoisotopic (exact) mass is 963 g/mol. The van der Waals surface area contributed by atoms with Crippen LogP contribution >= 0.6 is 15.9 Å². The number of nitrogens with one attached hydrogen (secondary N) is 3. The molecule has 1 spiro atoms. The van der Waals surface area contributed by atoms with Crippen molar-refractivity contribution in [3.8, 4) is 0 Å². The molecular weight excluding hydrogens is 898 g/mol. The van der Waals surface area contributed by atoms with Crippen LogP contribution < -0.4 is 16.0 Å². The molecule has 354 valence electrons. The predicted molar refractivity (Wildman–Crippen MR) is 242 cm³/mol. The standard InChI is InChI=1S/C50H66BrN3O11/c1-46(2,3)64-42(61)13-12-36(54-41(60)26-52-40(59)25-51)44(62)53-32-14-18-49(19-15-32)23-31(49)20-28-6-8-29(9-7-28)45-63-39-22-35-34-11-10-30-21-33(56)16-17-47(30,4)43(34)37(57)24-48(35,5)50(39,65-45)38(58)27-55/h6-9,16-17,21,31-32,34-37,39,43,45,55,57H,10-15,18-20,22-27H2,1-5H3,(H,52,59)(H,53,62)(H,54,60)/t31?,32?,34-,35-,36-,37-,39+,43+,45+,47-,48-,49?,50+/m0/s1. The van der Waals surface area contributed by atoms with Gasteiger partial charge in [0.15, 0.2) is 23.5 Å². The fraction of sp³-hybridized carbons (Fsp3) is 0.680. The van der Waals surface area contributed by atoms with Gasteiger partial charge >= 0.3 is 5.97 Å². The summed E-state index contributed by atoms with van der Waals surface area (Å²) in [5, 5.41) is 30.7. The number of rotatable bonds is 14. The lowest BCUT2D eigenvalue weighted by molar-refractivity contribution is -0.201. The van der Waals surface area contributed by atoms with Crippen molar-refractivity contribution in [2.45, 2.75) is 153 Å². The van der Waals surface area contributed by atoms with Gasteiger partial charge in [-0.25, -0.2) is 0 Å². The summed E-state index contributed by atoms with van der Waals surface area (Å²) in [7, 11) is 0. The quantitative estimate of drug-likeness (QED) is 0.124. The van der Waals surface area contributed by atoms with E-state index in [4.69, 9.17) is 14.2 Å². The average molecular weight is 965 g/mol. The normalized spacial score (nSPS) is 37.2. The average Bonchev–Trinajstić information content (AvgIpc) is 3.63. The molecule has 8 rings (SSSR count). The molecule has 1 unspecified atom stereocenters. The molecule has 14 nitrogen and oxygen atoms in total. The summed E-state index contributed by atoms with van der Waals surface area (Å²) in [6, 6.07) is 7.18. The number of allylic oxidation sites excluding steroid dienone is 4. The van der Waals surface area contributed by atoms with Crippen molar-refractivity contribution >= 4 is 51.2 Å². The SMILES string of the molecule is CC(C)(C)OC(=O)CC[C@H](NC(=O)CNC(=O)CBr)C(=O)NC1CCC2(CC1)CC2Cc1ccc([C@@H]2O[C@@H]3C[C@H]4[C@@H]5CCC6=CC(=O)C=C[C@]6(C)[C@H]5[C@@H](O)C[C@]4(C)[C@]3(C(=O)CO)O2)cc1. The van der Waals surface area contributed by atoms with Gasteiger partial charge in [0.25, 0.3) is 0 Å². The number of esters is 1. The molecule has 1 aromatic carbocycles. The summed E-state index contributed by atoms with van der Waals surface area (Å²) < 4.78 is 18.9. The van der Waals surface area contributed by atoms with Gasteiger partial charge < -0.3 is 40.4 Å². The third kappa shape index (κ3) is 9.05. The number of aliphatic hydroxyl groups is 2. The lowest BCUT2D eigenvalue weighted by Gasteiger charge is -2.59. The van der Waals surface area contributed by atoms with Crippen LogP contribution in [-0.4, -0.2) is 99.4 Å². The number of alkyl halides is 1. The minimum Gasteiger partial charge on any atom is -0.460 e. The first-order chi connectivity index (χ1) is 30.7. The number of Topliss-reactive ketones (excluding diaryl/α,β-unsaturated/α-hetero) is 1. The smallest absolute Gasteiger partial charge is 0.306 e. The minimum atomic E-state index is -1.41. The Labute approximate surface area is 389 Å². The Morgan fingerprint density at radius 1 is 1.02 bits per heavy atom. The van der Waals surface area contributed by atoms with E-state index in [9.17, 15) is 39.0 Å². The zero-order valence-corrected chi connectivity index (χ0v) is 39.9. The number of hydrogen-bond donors (Lipinski definition) is 5. The maximum atomic E-state index is 14.0. The molecule has 1 aromatic rings. The summed E-state index contributed by atoms with van der Waals surface area (Å²) >= 11 is 3.05. The molecule has 0 radical (unpaired) electrons. The highest BCUT2D eigenvalue weighted by Crippen LogP contribution is 2.70. The first-order valence-corrected chi connectivity index (χ1v) is 24.7. The highest BCUT2D eigenvalue weighted by atomic mass is 79.9. The van der Waals surface area contributed by atoms with Crippen molar-refractivity contribution in [1.82, 2.24) is 16.0 Å². The van der Waals surface area contributed by atoms with Crippen molar-refractivity contribution in [3.63, 3.8) is 0 Å². The van der Waals surface area contributed by atoms with Crippen molar-refractivity contribution in [3.05, 3.63) is 59.2 Å². The lowest BCUT2D eigenvalue weighted by Crippen LogP contribution is -2.63. The number of hydrogen-bond acceptors (Lipinski definition) is 11. The molecule has 3 amide bonds. The van der Waals surface area contributed by atoms with E-state index in [1.165, 1.54) is 5.56 Å². The Bertz CT molecular complexity index is 2130. The number of ether oxygens (including phenoxy) is 3. The van der Waals surface area contributed by atoms with Crippen LogP contribution in [0.25, 0.3) is 0 Å². The zero-order chi connectivity index (χ0) is 46.7. The van der Waals surface area contributed by atoms with E-state index in [0.29, 0.717) is 18.8 Å². The lowest BCUT2D eigenvalue weighted by atomic mass is 9.46. The van der Waals surface area contributed by atoms with Crippen LogP contribution in [0, 0.1) is 39.9 Å². The van der Waals surface area contributed by atoms with Crippen LogP contribution in [0.3, 0.4) is 0 Å². The summed E-state index contributed by atoms with van der Waals surface area (Å²) in [6.45, 7) is 8.49. The third-order valence-electron chi connectivity index (χ3n) is 16.5. The van der Waals surface area contributed by atoms with E-state index in [1.807, 2.05) is 25.1 Å². The predicted octanol–water partition coefficient (Wildman–Crippen LogP) is 5.01. The molecule has 1 saturated heterocycles. The molecule has 15 heteroatoms. The number of carbonyl (C=O) groups excluding carboxylic acids is 6. The van der Waals surface area contributed by atoms with Gasteiger partial charge in [0, 0.05) is 34.8 Å². The van der Waals surface area contributed by atoms with E-state index in [1.54, 1.807) is 32.9 Å². The number of aliphatic hydroxyl groups excluding tert-OH is 2. The van der Waals surface area contributed by atoms with Gasteiger partial charge in [0.1, 0.15) is 18.2 Å². The van der Waals surface area contributed by atoms with E-state index in [2.05, 4.69) is 50.9 Å². The molecule has 6 aliphatic carbocycles. The molecule has 0 bridgehead atoms. The van der Waals surface area contributed by atoms with Crippen LogP contribution in [0.1, 0.15) is 123 Å². The molecular formula is C50H66BrN3O11. The van der Waals surface area contributed by atoms with Crippen molar-refractivity contribution in [2.24, 2.45) is 39.9 Å². The van der Waals surface area contributed by atoms with Gasteiger partial charge in [-0.15, -0.1) is 0 Å². The highest BCUT2D eigenvalue weighted by molar-refractivity contribution is 9.09. The van der Waals surface area contributed by atoms with Crippen molar-refractivity contribution in [2.75, 3.05) is 18.5 Å². The molecule has 1 heterocycles. The molecule has 6 fully saturated rings. The van der Waals surface area contributed by atoms with Gasteiger partial charge in [-0.05, 0) is 132 Å². The van der Waals surface area contributed by atoms with Crippen LogP contribution in [0.15, 0.2) is 48.1 Å². The number of amides is 3. The van der Waals surface area contributed by atoms with Crippen LogP contribution in [0.2, 0.25) is 0 Å². The Morgan fingerprint density at radius 3 is 2.42 bits per heavy atom. The van der Waals surface area contributed by atoms with Crippen LogP contribution in [0.4, 0.5) is 0 Å². The van der Waals surface area contributed by atoms with E-state index in [0.717, 1.165) is 62.5 Å². The molecule has 0 aromatic heterocycles. The van der Waals surface area contributed by atoms with Crippen molar-refractivity contribution < 1.29 is 53.2 Å². The van der Waals surface area contributed by atoms with Gasteiger partial charge in [-0.2, -0.15) is 0 Å². The number of benzene rings is 1. The Kier molecular flexibility index (Phi) is 13.2. The summed E-state index contributed by atoms with van der Waals surface area (Å²) in [5.74, 6) is -1.64. The Hall–Kier alpha value is -3.76. The largest absolute Gasteiger partial charge is 0.460 e. The molecule has 7 aliphatic rings. The second kappa shape index (κ2) is 18.0. The summed E-state index contributed by atoms with van der Waals surface area (Å²) in [6.07, 6.45) is 11.2. The second-order valence-corrected chi connectivity index (χ2v) is 22.0. The Morgan fingerprint density at radius 2 is 1.74 bits per heavy atom. The van der Waals surface area contributed by atoms with Gasteiger partial charge in [-0.3, -0.25) is 28.8 Å². The van der Waals surface area contributed by atoms with Gasteiger partial charge in [0.2, 0.25) is 17.7 Å². The first-order valence-electron chi connectivity index (χ1n) is 23.6. The topological polar surface area (TPSA) is 207 Å². The van der Waals surface area contributed by atoms with E-state index < -0.39 is 70.8 Å². The van der Waals surface area contributed by atoms with E-state index >= 15 is 0 Å². The van der Waals surface area contributed by atoms with E-state index in [-0.39, 0.29) is 71.5 Å². The van der Waals surface area contributed by atoms with Crippen LogP contribution in [-0.2, 0) is 49.4 Å². The number of halogens is 1. The van der Waals surface area contributed by atoms with Crippen LogP contribution in [0.5, 0.6) is 0 Å². The van der Waals surface area contributed by atoms with Crippen molar-refractivity contribution in [1.29, 1.82) is 0 Å². The fourth-order valence-corrected chi connectivity index (χ4v) is 13.5. The number of fused-ring (bicyclic) bond motifs is 7. The first kappa shape index (κ1) is 47.7. The molecule has 65 heavy (non-hydrogen) atoms. The summed E-state index contributed by atoms with van der Waals surface area (Å²) in [5.41, 5.74) is -0.0469. The van der Waals surface area contributed by atoms with Gasteiger partial charge in [-0.1, -0.05) is 65.7 Å². The second-order valence-electron chi connectivity index (χ2n) is 21.5. The fourth-order valence-electron chi connectivity index (χ4n) is 13.3. The molecule has 1 aliphatic heterocycles.